The van der Waals surface area contributed by atoms with Crippen LogP contribution >= 0.6 is 0 Å². The smallest absolute Gasteiger partial charge is 0.128 e. The third-order valence-corrected chi connectivity index (χ3v) is 13.3. The van der Waals surface area contributed by atoms with Gasteiger partial charge in [0.25, 0.3) is 0 Å². The lowest BCUT2D eigenvalue weighted by Crippen LogP contribution is -2.21. The minimum atomic E-state index is -0.350. The summed E-state index contributed by atoms with van der Waals surface area (Å²) in [6, 6.07) is 69.4. The molecule has 0 saturated carbocycles. The van der Waals surface area contributed by atoms with Crippen molar-refractivity contribution >= 4 is 60.3 Å². The van der Waals surface area contributed by atoms with Crippen LogP contribution in [-0.2, 0) is 5.41 Å². The highest BCUT2D eigenvalue weighted by Gasteiger charge is 2.41. The molecule has 3 N–H and O–H groups in total. The molecular weight excluding hydrogens is 777 g/mol. The van der Waals surface area contributed by atoms with Crippen molar-refractivity contribution in [3.8, 4) is 27.9 Å². The summed E-state index contributed by atoms with van der Waals surface area (Å²) in [6.45, 7) is 9.20. The minimum Gasteiger partial charge on any atom is -0.383 e. The van der Waals surface area contributed by atoms with E-state index in [1.54, 1.807) is 0 Å². The van der Waals surface area contributed by atoms with E-state index >= 15 is 0 Å². The molecular formula is C60H48N4. The van der Waals surface area contributed by atoms with Gasteiger partial charge in [0.15, 0.2) is 0 Å². The number of nitrogens with one attached hydrogen (secondary N) is 1. The minimum absolute atomic E-state index is 0.252. The second-order valence-corrected chi connectivity index (χ2v) is 17.4. The summed E-state index contributed by atoms with van der Waals surface area (Å²) in [7, 11) is 1.91. The number of nitrogens with two attached hydrogens (primary N) is 1. The van der Waals surface area contributed by atoms with Crippen LogP contribution in [0.2, 0.25) is 0 Å². The molecule has 10 aromatic rings. The Bertz CT molecular complexity index is 3500. The predicted octanol–water partition coefficient (Wildman–Crippen LogP) is 14.4. The number of aromatic nitrogens is 1. The second-order valence-electron chi connectivity index (χ2n) is 17.4. The van der Waals surface area contributed by atoms with Crippen molar-refractivity contribution in [3.05, 3.63) is 235 Å². The fourth-order valence-corrected chi connectivity index (χ4v) is 10.4. The van der Waals surface area contributed by atoms with E-state index in [2.05, 4.69) is 188 Å². The molecule has 1 unspecified atom stereocenters. The van der Waals surface area contributed by atoms with Crippen LogP contribution in [0.15, 0.2) is 212 Å². The van der Waals surface area contributed by atoms with Gasteiger partial charge in [0.05, 0.1) is 11.0 Å². The number of hydrogen-bond donors (Lipinski definition) is 2. The van der Waals surface area contributed by atoms with Crippen molar-refractivity contribution in [3.63, 3.8) is 0 Å². The SMILES string of the molecule is C=C(/C=C(\C(N)=NC(NC)c1ccc(-c2ccc(-n3c4ccccc4c4ccc5c(c43)C(C)(C)c3c-5c4ccccc4c4ccccc34)cc2)cc1)c1ccccc1)c1ccccc1. The van der Waals surface area contributed by atoms with Gasteiger partial charge in [0.1, 0.15) is 12.0 Å². The lowest BCUT2D eigenvalue weighted by Gasteiger charge is -2.25. The lowest BCUT2D eigenvalue weighted by molar-refractivity contribution is 0.625. The summed E-state index contributed by atoms with van der Waals surface area (Å²) in [6.07, 6.45) is 1.68. The highest BCUT2D eigenvalue weighted by Crippen LogP contribution is 2.57. The highest BCUT2D eigenvalue weighted by atomic mass is 15.1. The topological polar surface area (TPSA) is 55.3 Å². The quantitative estimate of drug-likeness (QED) is 0.0659. The van der Waals surface area contributed by atoms with E-state index in [1.807, 2.05) is 49.5 Å². The van der Waals surface area contributed by atoms with Gasteiger partial charge in [-0.2, -0.15) is 0 Å². The Morgan fingerprint density at radius 2 is 1.12 bits per heavy atom. The largest absolute Gasteiger partial charge is 0.383 e. The molecule has 0 amide bonds. The molecule has 1 heterocycles. The first-order valence-electron chi connectivity index (χ1n) is 22.1. The Balaban J connectivity index is 0.960. The molecule has 1 aromatic heterocycles. The van der Waals surface area contributed by atoms with Crippen LogP contribution in [0.25, 0.3) is 82.4 Å². The summed E-state index contributed by atoms with van der Waals surface area (Å²) in [5.41, 5.74) is 22.7. The number of rotatable bonds is 9. The first-order valence-corrected chi connectivity index (χ1v) is 22.1. The Kier molecular flexibility index (Phi) is 9.48. The molecule has 0 bridgehead atoms. The molecule has 11 rings (SSSR count). The standard InChI is InChI=1S/C60H48N4/c1-38(39-17-7-5-8-18-39)37-52(42-19-9-6-10-20-42)58(61)63-59(62-4)43-29-27-40(28-30-43)41-31-33-44(34-32-41)64-53-26-16-15-23-47(53)50-35-36-51-54-48-24-13-11-21-45(48)46-22-12-14-25-49(46)55(54)60(2,3)56(51)57(50)64/h5-37,59,62H,1H2,2-4H3,(H2,61,63)/b52-37-. The van der Waals surface area contributed by atoms with Crippen LogP contribution in [-0.4, -0.2) is 17.5 Å². The lowest BCUT2D eigenvalue weighted by atomic mass is 9.78. The number of hydrogen-bond acceptors (Lipinski definition) is 2. The molecule has 1 aliphatic rings. The van der Waals surface area contributed by atoms with Crippen LogP contribution in [0.3, 0.4) is 0 Å². The molecule has 0 saturated heterocycles. The zero-order valence-corrected chi connectivity index (χ0v) is 36.3. The molecule has 9 aromatic carbocycles. The van der Waals surface area contributed by atoms with Crippen molar-refractivity contribution in [2.75, 3.05) is 7.05 Å². The van der Waals surface area contributed by atoms with Gasteiger partial charge in [-0.3, -0.25) is 5.32 Å². The van der Waals surface area contributed by atoms with Gasteiger partial charge in [0.2, 0.25) is 0 Å². The molecule has 0 spiro atoms. The van der Waals surface area contributed by atoms with E-state index < -0.39 is 0 Å². The van der Waals surface area contributed by atoms with E-state index in [9.17, 15) is 0 Å². The van der Waals surface area contributed by atoms with Crippen LogP contribution in [0.4, 0.5) is 0 Å². The van der Waals surface area contributed by atoms with E-state index in [-0.39, 0.29) is 11.6 Å². The van der Waals surface area contributed by atoms with Crippen molar-refractivity contribution in [2.45, 2.75) is 25.4 Å². The van der Waals surface area contributed by atoms with Gasteiger partial charge < -0.3 is 10.3 Å². The van der Waals surface area contributed by atoms with Crippen molar-refractivity contribution in [1.82, 2.24) is 9.88 Å². The summed E-state index contributed by atoms with van der Waals surface area (Å²) in [5.74, 6) is 0.437. The number of amidine groups is 1. The fourth-order valence-electron chi connectivity index (χ4n) is 10.4. The van der Waals surface area contributed by atoms with Gasteiger partial charge in [0, 0.05) is 27.4 Å². The molecule has 64 heavy (non-hydrogen) atoms. The molecule has 4 nitrogen and oxygen atoms in total. The maximum Gasteiger partial charge on any atom is 0.128 e. The van der Waals surface area contributed by atoms with E-state index in [1.165, 1.54) is 65.6 Å². The first-order chi connectivity index (χ1) is 31.3. The average Bonchev–Trinajstić information content (AvgIpc) is 3.81. The van der Waals surface area contributed by atoms with Gasteiger partial charge in [-0.15, -0.1) is 0 Å². The molecule has 308 valence electrons. The number of fused-ring (bicyclic) bond motifs is 12. The Labute approximate surface area is 374 Å². The predicted molar refractivity (Wildman–Crippen MR) is 272 cm³/mol. The maximum absolute atomic E-state index is 6.84. The maximum atomic E-state index is 6.84. The molecule has 1 atom stereocenters. The summed E-state index contributed by atoms with van der Waals surface area (Å²) >= 11 is 0. The Hall–Kier alpha value is -7.79. The summed E-state index contributed by atoms with van der Waals surface area (Å²) in [5, 5.41) is 11.2. The summed E-state index contributed by atoms with van der Waals surface area (Å²) in [4.78, 5) is 5.03. The van der Waals surface area contributed by atoms with E-state index in [0.717, 1.165) is 44.7 Å². The van der Waals surface area contributed by atoms with Crippen molar-refractivity contribution in [2.24, 2.45) is 10.7 Å². The number of allylic oxidation sites excluding steroid dienone is 2. The molecule has 4 heteroatoms. The van der Waals surface area contributed by atoms with Gasteiger partial charge in [-0.05, 0) is 109 Å². The van der Waals surface area contributed by atoms with Gasteiger partial charge in [-0.1, -0.05) is 196 Å². The highest BCUT2D eigenvalue weighted by molar-refractivity contribution is 6.24. The fraction of sp³-hybridized carbons (Fsp3) is 0.0833. The monoisotopic (exact) mass is 824 g/mol. The van der Waals surface area contributed by atoms with Crippen molar-refractivity contribution < 1.29 is 0 Å². The second kappa shape index (κ2) is 15.5. The number of benzene rings is 9. The Morgan fingerprint density at radius 1 is 0.578 bits per heavy atom. The van der Waals surface area contributed by atoms with Crippen LogP contribution in [0, 0.1) is 0 Å². The van der Waals surface area contributed by atoms with E-state index in [0.29, 0.717) is 5.84 Å². The zero-order valence-electron chi connectivity index (χ0n) is 36.3. The van der Waals surface area contributed by atoms with E-state index in [4.69, 9.17) is 10.7 Å². The third kappa shape index (κ3) is 6.29. The summed E-state index contributed by atoms with van der Waals surface area (Å²) < 4.78 is 2.50. The van der Waals surface area contributed by atoms with Gasteiger partial charge >= 0.3 is 0 Å². The zero-order chi connectivity index (χ0) is 43.5. The normalized spacial score (nSPS) is 14.0. The molecule has 0 fully saturated rings. The third-order valence-electron chi connectivity index (χ3n) is 13.3. The average molecular weight is 825 g/mol. The molecule has 0 aliphatic heterocycles. The number of nitrogens with zero attached hydrogens (tertiary/aromatic N) is 2. The van der Waals surface area contributed by atoms with Crippen molar-refractivity contribution in [1.29, 1.82) is 0 Å². The number of para-hydroxylation sites is 1. The van der Waals surface area contributed by atoms with Crippen LogP contribution in [0.5, 0.6) is 0 Å². The van der Waals surface area contributed by atoms with Gasteiger partial charge in [-0.25, -0.2) is 4.99 Å². The van der Waals surface area contributed by atoms with Crippen LogP contribution in [0.1, 0.15) is 47.8 Å². The Morgan fingerprint density at radius 3 is 1.78 bits per heavy atom. The molecule has 0 radical (unpaired) electrons. The first kappa shape index (κ1) is 39.1. The molecule has 1 aliphatic carbocycles. The number of aliphatic imine (C=N–C) groups is 1. The van der Waals surface area contributed by atoms with Crippen LogP contribution < -0.4 is 11.1 Å².